The summed E-state index contributed by atoms with van der Waals surface area (Å²) in [6.45, 7) is 14.7. The highest BCUT2D eigenvalue weighted by molar-refractivity contribution is 5.48. The smallest absolute Gasteiger partial charge is 0.0451 e. The number of hydrogen-bond acceptors (Lipinski definition) is 1. The van der Waals surface area contributed by atoms with E-state index in [2.05, 4.69) is 76.8 Å². The van der Waals surface area contributed by atoms with Gasteiger partial charge in [0.2, 0.25) is 0 Å². The molecular weight excluding hydrogens is 326 g/mol. The van der Waals surface area contributed by atoms with Crippen LogP contribution in [0.25, 0.3) is 0 Å². The average molecular weight is 369 g/mol. The molecule has 27 heavy (non-hydrogen) atoms. The molecule has 0 amide bonds. The van der Waals surface area contributed by atoms with Gasteiger partial charge in [0.15, 0.2) is 0 Å². The molecule has 2 saturated carbocycles. The van der Waals surface area contributed by atoms with Gasteiger partial charge in [-0.2, -0.15) is 0 Å². The van der Waals surface area contributed by atoms with E-state index in [-0.39, 0.29) is 0 Å². The second-order valence-corrected chi connectivity index (χ2v) is 10.4. The molecule has 6 unspecified atom stereocenters. The zero-order chi connectivity index (χ0) is 19.6. The summed E-state index contributed by atoms with van der Waals surface area (Å²) >= 11 is 0. The van der Waals surface area contributed by atoms with Gasteiger partial charge < -0.3 is 4.90 Å². The fraction of sp³-hybridized carbons (Fsp3) is 0.769. The summed E-state index contributed by atoms with van der Waals surface area (Å²) in [5.74, 6) is 4.81. The van der Waals surface area contributed by atoms with Crippen molar-refractivity contribution < 1.29 is 0 Å². The van der Waals surface area contributed by atoms with Crippen molar-refractivity contribution in [1.29, 1.82) is 0 Å². The van der Waals surface area contributed by atoms with Crippen LogP contribution in [0.5, 0.6) is 0 Å². The van der Waals surface area contributed by atoms with Gasteiger partial charge in [-0.05, 0) is 67.3 Å². The summed E-state index contributed by atoms with van der Waals surface area (Å²) in [5, 5.41) is 0. The lowest BCUT2D eigenvalue weighted by atomic mass is 9.69. The predicted molar refractivity (Wildman–Crippen MR) is 118 cm³/mol. The maximum Gasteiger partial charge on any atom is 0.0451 e. The number of hydrogen-bond donors (Lipinski definition) is 0. The van der Waals surface area contributed by atoms with Gasteiger partial charge in [0.1, 0.15) is 0 Å². The lowest BCUT2D eigenvalue weighted by Gasteiger charge is -2.52. The highest BCUT2D eigenvalue weighted by Crippen LogP contribution is 2.44. The highest BCUT2D eigenvalue weighted by atomic mass is 15.2. The number of anilines is 1. The minimum atomic E-state index is 0.670. The minimum Gasteiger partial charge on any atom is -0.364 e. The summed E-state index contributed by atoms with van der Waals surface area (Å²) in [6.07, 6.45) is 8.28. The molecule has 2 aliphatic carbocycles. The molecule has 1 aromatic rings. The van der Waals surface area contributed by atoms with Crippen LogP contribution in [-0.4, -0.2) is 12.1 Å². The average Bonchev–Trinajstić information content (AvgIpc) is 2.62. The van der Waals surface area contributed by atoms with Crippen molar-refractivity contribution in [3.8, 4) is 0 Å². The van der Waals surface area contributed by atoms with Crippen molar-refractivity contribution in [3.05, 3.63) is 30.3 Å². The summed E-state index contributed by atoms with van der Waals surface area (Å²) in [6, 6.07) is 13.8. The van der Waals surface area contributed by atoms with Gasteiger partial charge in [-0.1, -0.05) is 72.6 Å². The first-order valence-electron chi connectivity index (χ1n) is 11.6. The number of nitrogens with zero attached hydrogens (tertiary/aromatic N) is 1. The van der Waals surface area contributed by atoms with Crippen LogP contribution in [0.4, 0.5) is 5.69 Å². The molecule has 6 atom stereocenters. The highest BCUT2D eigenvalue weighted by Gasteiger charge is 2.42. The molecule has 0 N–H and O–H groups in total. The van der Waals surface area contributed by atoms with Crippen molar-refractivity contribution in [2.75, 3.05) is 4.90 Å². The Morgan fingerprint density at radius 2 is 1.33 bits per heavy atom. The fourth-order valence-corrected chi connectivity index (χ4v) is 6.09. The lowest BCUT2D eigenvalue weighted by molar-refractivity contribution is 0.136. The third-order valence-corrected chi connectivity index (χ3v) is 7.66. The van der Waals surface area contributed by atoms with Crippen molar-refractivity contribution in [3.63, 3.8) is 0 Å². The van der Waals surface area contributed by atoms with E-state index in [9.17, 15) is 0 Å². The van der Waals surface area contributed by atoms with Gasteiger partial charge in [-0.3, -0.25) is 0 Å². The molecule has 0 aromatic heterocycles. The molecule has 0 saturated heterocycles. The molecular formula is C26H42N. The van der Waals surface area contributed by atoms with Crippen molar-refractivity contribution in [2.45, 2.75) is 92.2 Å². The van der Waals surface area contributed by atoms with E-state index in [0.29, 0.717) is 12.1 Å². The Morgan fingerprint density at radius 1 is 0.815 bits per heavy atom. The van der Waals surface area contributed by atoms with E-state index >= 15 is 0 Å². The molecule has 0 aliphatic heterocycles. The van der Waals surface area contributed by atoms with Crippen molar-refractivity contribution in [2.24, 2.45) is 35.5 Å². The van der Waals surface area contributed by atoms with Gasteiger partial charge in [0.05, 0.1) is 0 Å². The molecule has 0 bridgehead atoms. The molecule has 1 aromatic carbocycles. The molecule has 3 rings (SSSR count). The Balaban J connectivity index is 2.02. The SMILES string of the molecule is CC1CCC(C(C)C)C(N(c2[c]cccc2)C2CC(C)CCC2C(C)C)C1. The normalized spacial score (nSPS) is 34.8. The molecule has 2 fully saturated rings. The van der Waals surface area contributed by atoms with Gasteiger partial charge >= 0.3 is 0 Å². The Kier molecular flexibility index (Phi) is 6.93. The van der Waals surface area contributed by atoms with E-state index in [0.717, 1.165) is 35.5 Å². The van der Waals surface area contributed by atoms with Crippen LogP contribution in [0, 0.1) is 41.6 Å². The van der Waals surface area contributed by atoms with E-state index in [1.807, 2.05) is 0 Å². The summed E-state index contributed by atoms with van der Waals surface area (Å²) < 4.78 is 0. The van der Waals surface area contributed by atoms with Crippen LogP contribution < -0.4 is 4.90 Å². The van der Waals surface area contributed by atoms with Gasteiger partial charge in [-0.25, -0.2) is 0 Å². The number of rotatable bonds is 5. The van der Waals surface area contributed by atoms with E-state index in [1.54, 1.807) is 0 Å². The Morgan fingerprint density at radius 3 is 1.74 bits per heavy atom. The Hall–Kier alpha value is -0.980. The third-order valence-electron chi connectivity index (χ3n) is 7.66. The van der Waals surface area contributed by atoms with Crippen LogP contribution in [0.2, 0.25) is 0 Å². The van der Waals surface area contributed by atoms with Crippen LogP contribution in [-0.2, 0) is 0 Å². The van der Waals surface area contributed by atoms with E-state index < -0.39 is 0 Å². The standard InChI is InChI=1S/C26H42N/c1-18(2)23-14-12-20(5)16-25(23)27(22-10-8-7-9-11-22)26-17-21(6)13-15-24(26)19(3)4/h7-10,18-21,23-26H,12-17H2,1-6H3. The van der Waals surface area contributed by atoms with Crippen LogP contribution >= 0.6 is 0 Å². The zero-order valence-electron chi connectivity index (χ0n) is 18.6. The largest absolute Gasteiger partial charge is 0.364 e. The zero-order valence-corrected chi connectivity index (χ0v) is 18.6. The van der Waals surface area contributed by atoms with Gasteiger partial charge in [0.25, 0.3) is 0 Å². The molecule has 1 radical (unpaired) electrons. The maximum absolute atomic E-state index is 3.64. The first kappa shape index (κ1) is 20.7. The topological polar surface area (TPSA) is 3.24 Å². The van der Waals surface area contributed by atoms with E-state index in [4.69, 9.17) is 0 Å². The fourth-order valence-electron chi connectivity index (χ4n) is 6.09. The summed E-state index contributed by atoms with van der Waals surface area (Å²) in [7, 11) is 0. The monoisotopic (exact) mass is 368 g/mol. The Labute approximate surface area is 168 Å². The van der Waals surface area contributed by atoms with Crippen molar-refractivity contribution in [1.82, 2.24) is 0 Å². The number of benzene rings is 1. The molecule has 2 aliphatic rings. The van der Waals surface area contributed by atoms with Gasteiger partial charge in [0, 0.05) is 23.8 Å². The quantitative estimate of drug-likeness (QED) is 0.530. The number of para-hydroxylation sites is 1. The van der Waals surface area contributed by atoms with Crippen LogP contribution in [0.15, 0.2) is 24.3 Å². The minimum absolute atomic E-state index is 0.670. The van der Waals surface area contributed by atoms with Gasteiger partial charge in [-0.15, -0.1) is 0 Å². The molecule has 0 heterocycles. The first-order chi connectivity index (χ1) is 12.9. The molecule has 0 spiro atoms. The van der Waals surface area contributed by atoms with Crippen LogP contribution in [0.1, 0.15) is 80.1 Å². The lowest BCUT2D eigenvalue weighted by Crippen LogP contribution is -2.55. The Bertz CT molecular complexity index is 531. The summed E-state index contributed by atoms with van der Waals surface area (Å²) in [5.41, 5.74) is 1.35. The van der Waals surface area contributed by atoms with Crippen molar-refractivity contribution >= 4 is 5.69 Å². The maximum atomic E-state index is 3.64. The van der Waals surface area contributed by atoms with Crippen LogP contribution in [0.3, 0.4) is 0 Å². The first-order valence-corrected chi connectivity index (χ1v) is 11.6. The predicted octanol–water partition coefficient (Wildman–Crippen LogP) is 7.21. The molecule has 1 heteroatoms. The second kappa shape index (κ2) is 9.01. The summed E-state index contributed by atoms with van der Waals surface area (Å²) in [4.78, 5) is 2.89. The van der Waals surface area contributed by atoms with E-state index in [1.165, 1.54) is 44.2 Å². The molecule has 151 valence electrons. The molecule has 1 nitrogen and oxygen atoms in total. The third kappa shape index (κ3) is 4.72. The second-order valence-electron chi connectivity index (χ2n) is 10.4.